The van der Waals surface area contributed by atoms with Gasteiger partial charge in [0.2, 0.25) is 0 Å². The van der Waals surface area contributed by atoms with E-state index in [1.54, 1.807) is 0 Å². The van der Waals surface area contributed by atoms with Crippen LogP contribution in [0.1, 0.15) is 22.3 Å². The van der Waals surface area contributed by atoms with Crippen LogP contribution in [0.3, 0.4) is 0 Å². The molecule has 2 nitrogen and oxygen atoms in total. The molecule has 0 radical (unpaired) electrons. The number of H-pyrrole nitrogens is 2. The molecule has 0 spiro atoms. The van der Waals surface area contributed by atoms with Crippen LogP contribution in [0, 0.1) is 0 Å². The maximum absolute atomic E-state index is 3.62. The highest BCUT2D eigenvalue weighted by Gasteiger charge is 2.46. The van der Waals surface area contributed by atoms with Gasteiger partial charge in [0.1, 0.15) is 0 Å². The summed E-state index contributed by atoms with van der Waals surface area (Å²) in [7, 11) is 0. The summed E-state index contributed by atoms with van der Waals surface area (Å²) in [6.07, 6.45) is 0. The van der Waals surface area contributed by atoms with Crippen molar-refractivity contribution in [2.75, 3.05) is 0 Å². The summed E-state index contributed by atoms with van der Waals surface area (Å²) < 4.78 is 0. The second-order valence-electron chi connectivity index (χ2n) is 10.7. The largest absolute Gasteiger partial charge is 0.355 e. The first-order chi connectivity index (χ1) is 19.3. The van der Waals surface area contributed by atoms with Crippen LogP contribution in [0.15, 0.2) is 133 Å². The van der Waals surface area contributed by atoms with E-state index in [-0.39, 0.29) is 0 Å². The summed E-state index contributed by atoms with van der Waals surface area (Å²) in [5, 5.41) is 5.04. The third-order valence-corrected chi connectivity index (χ3v) is 8.83. The van der Waals surface area contributed by atoms with E-state index >= 15 is 0 Å². The average molecular weight is 497 g/mol. The molecular formula is C37H24N2. The molecule has 0 saturated heterocycles. The SMILES string of the molecule is c1ccc2c(c1)-c1ccccc1C2(c1ccc2[nH]c3ccccc3c2c1)c1ccc2[nH]c3ccccc3c2c1. The summed E-state index contributed by atoms with van der Waals surface area (Å²) in [6.45, 7) is 0. The lowest BCUT2D eigenvalue weighted by Crippen LogP contribution is -2.28. The van der Waals surface area contributed by atoms with Crippen molar-refractivity contribution in [1.82, 2.24) is 9.97 Å². The second kappa shape index (κ2) is 7.49. The Balaban J connectivity index is 1.45. The van der Waals surface area contributed by atoms with Gasteiger partial charge >= 0.3 is 0 Å². The van der Waals surface area contributed by atoms with E-state index in [1.165, 1.54) is 77.0 Å². The molecule has 1 aliphatic carbocycles. The molecule has 6 aromatic carbocycles. The number of fused-ring (bicyclic) bond motifs is 9. The molecule has 39 heavy (non-hydrogen) atoms. The molecule has 1 aliphatic rings. The molecule has 0 atom stereocenters. The average Bonchev–Trinajstić information content (AvgIpc) is 3.65. The highest BCUT2D eigenvalue weighted by molar-refractivity contribution is 6.09. The lowest BCUT2D eigenvalue weighted by atomic mass is 9.67. The molecule has 0 unspecified atom stereocenters. The molecule has 2 heterocycles. The van der Waals surface area contributed by atoms with Crippen molar-refractivity contribution in [3.05, 3.63) is 156 Å². The van der Waals surface area contributed by atoms with Crippen LogP contribution >= 0.6 is 0 Å². The standard InChI is InChI=1S/C37H24N2/c1-5-13-31-25(9-1)26-10-2-6-14-32(26)37(31,23-17-19-35-29(21-23)27-11-3-7-15-33(27)38-35)24-18-20-36-30(22-24)28-12-4-8-16-34(28)39-36/h1-22,38-39H. The normalized spacial score (nSPS) is 13.8. The zero-order valence-corrected chi connectivity index (χ0v) is 21.2. The number of aromatic amines is 2. The van der Waals surface area contributed by atoms with Crippen molar-refractivity contribution in [2.24, 2.45) is 0 Å². The van der Waals surface area contributed by atoms with Crippen molar-refractivity contribution in [1.29, 1.82) is 0 Å². The Labute approximate surface area is 225 Å². The van der Waals surface area contributed by atoms with Crippen molar-refractivity contribution in [2.45, 2.75) is 5.41 Å². The maximum Gasteiger partial charge on any atom is 0.0714 e. The topological polar surface area (TPSA) is 31.6 Å². The minimum absolute atomic E-state index is 0.438. The number of nitrogens with one attached hydrogen (secondary N) is 2. The highest BCUT2D eigenvalue weighted by atomic mass is 14.7. The molecule has 0 saturated carbocycles. The predicted octanol–water partition coefficient (Wildman–Crippen LogP) is 9.32. The molecular weight excluding hydrogens is 472 g/mol. The van der Waals surface area contributed by atoms with Gasteiger partial charge in [-0.25, -0.2) is 0 Å². The Bertz CT molecular complexity index is 2080. The Morgan fingerprint density at radius 3 is 1.28 bits per heavy atom. The number of aromatic nitrogens is 2. The van der Waals surface area contributed by atoms with Gasteiger partial charge in [0.15, 0.2) is 0 Å². The summed E-state index contributed by atoms with van der Waals surface area (Å²) >= 11 is 0. The van der Waals surface area contributed by atoms with Gasteiger partial charge in [0, 0.05) is 43.6 Å². The minimum atomic E-state index is -0.438. The van der Waals surface area contributed by atoms with Gasteiger partial charge in [-0.3, -0.25) is 0 Å². The van der Waals surface area contributed by atoms with Gasteiger partial charge in [-0.2, -0.15) is 0 Å². The number of hydrogen-bond donors (Lipinski definition) is 2. The monoisotopic (exact) mass is 496 g/mol. The number of hydrogen-bond acceptors (Lipinski definition) is 0. The number of rotatable bonds is 2. The zero-order valence-electron chi connectivity index (χ0n) is 21.2. The molecule has 0 amide bonds. The maximum atomic E-state index is 3.62. The van der Waals surface area contributed by atoms with Crippen LogP contribution < -0.4 is 0 Å². The number of para-hydroxylation sites is 2. The van der Waals surface area contributed by atoms with Crippen molar-refractivity contribution < 1.29 is 0 Å². The fourth-order valence-electron chi connectivity index (χ4n) is 7.19. The van der Waals surface area contributed by atoms with E-state index in [2.05, 4.69) is 143 Å². The second-order valence-corrected chi connectivity index (χ2v) is 10.7. The Kier molecular flexibility index (Phi) is 4.02. The molecule has 2 heteroatoms. The molecule has 0 fully saturated rings. The first-order valence-corrected chi connectivity index (χ1v) is 13.5. The summed E-state index contributed by atoms with van der Waals surface area (Å²) in [4.78, 5) is 7.25. The lowest BCUT2D eigenvalue weighted by molar-refractivity contribution is 0.771. The van der Waals surface area contributed by atoms with Gasteiger partial charge in [-0.1, -0.05) is 97.1 Å². The third kappa shape index (κ3) is 2.65. The lowest BCUT2D eigenvalue weighted by Gasteiger charge is -2.34. The van der Waals surface area contributed by atoms with Crippen LogP contribution in [0.4, 0.5) is 0 Å². The quantitative estimate of drug-likeness (QED) is 0.239. The zero-order chi connectivity index (χ0) is 25.6. The Morgan fingerprint density at radius 1 is 0.359 bits per heavy atom. The minimum Gasteiger partial charge on any atom is -0.355 e. The van der Waals surface area contributed by atoms with Crippen LogP contribution in [0.5, 0.6) is 0 Å². The van der Waals surface area contributed by atoms with Crippen LogP contribution in [0.2, 0.25) is 0 Å². The van der Waals surface area contributed by atoms with E-state index < -0.39 is 5.41 Å². The number of benzene rings is 6. The van der Waals surface area contributed by atoms with Crippen LogP contribution in [-0.2, 0) is 5.41 Å². The molecule has 2 N–H and O–H groups in total. The third-order valence-electron chi connectivity index (χ3n) is 8.83. The van der Waals surface area contributed by atoms with Crippen molar-refractivity contribution >= 4 is 43.6 Å². The van der Waals surface area contributed by atoms with Crippen LogP contribution in [0.25, 0.3) is 54.7 Å². The summed E-state index contributed by atoms with van der Waals surface area (Å²) in [6, 6.07) is 49.2. The highest BCUT2D eigenvalue weighted by Crippen LogP contribution is 2.56. The van der Waals surface area contributed by atoms with Gasteiger partial charge in [0.05, 0.1) is 5.41 Å². The van der Waals surface area contributed by atoms with Gasteiger partial charge in [0.25, 0.3) is 0 Å². The van der Waals surface area contributed by atoms with E-state index in [4.69, 9.17) is 0 Å². The van der Waals surface area contributed by atoms with E-state index in [9.17, 15) is 0 Å². The molecule has 0 aliphatic heterocycles. The molecule has 9 rings (SSSR count). The van der Waals surface area contributed by atoms with E-state index in [1.807, 2.05) is 0 Å². The van der Waals surface area contributed by atoms with Crippen molar-refractivity contribution in [3.8, 4) is 11.1 Å². The van der Waals surface area contributed by atoms with Gasteiger partial charge in [-0.15, -0.1) is 0 Å². The van der Waals surface area contributed by atoms with Crippen molar-refractivity contribution in [3.63, 3.8) is 0 Å². The molecule has 0 bridgehead atoms. The predicted molar refractivity (Wildman–Crippen MR) is 162 cm³/mol. The summed E-state index contributed by atoms with van der Waals surface area (Å²) in [5.74, 6) is 0. The van der Waals surface area contributed by atoms with E-state index in [0.29, 0.717) is 0 Å². The van der Waals surface area contributed by atoms with E-state index in [0.717, 1.165) is 0 Å². The molecule has 8 aromatic rings. The summed E-state index contributed by atoms with van der Waals surface area (Å²) in [5.41, 5.74) is 12.1. The Hall–Kier alpha value is -5.08. The van der Waals surface area contributed by atoms with Gasteiger partial charge in [-0.05, 0) is 69.8 Å². The molecule has 2 aromatic heterocycles. The fourth-order valence-corrected chi connectivity index (χ4v) is 7.19. The first-order valence-electron chi connectivity index (χ1n) is 13.5. The fraction of sp³-hybridized carbons (Fsp3) is 0.0270. The van der Waals surface area contributed by atoms with Crippen LogP contribution in [-0.4, -0.2) is 9.97 Å². The Morgan fingerprint density at radius 2 is 0.769 bits per heavy atom. The smallest absolute Gasteiger partial charge is 0.0714 e. The molecule has 182 valence electrons. The first kappa shape index (κ1) is 20.9. The van der Waals surface area contributed by atoms with Gasteiger partial charge < -0.3 is 9.97 Å².